The summed E-state index contributed by atoms with van der Waals surface area (Å²) in [6, 6.07) is 1.55. The Morgan fingerprint density at radius 1 is 1.40 bits per heavy atom. The van der Waals surface area contributed by atoms with Crippen LogP contribution in [0.3, 0.4) is 0 Å². The molecule has 0 amide bonds. The summed E-state index contributed by atoms with van der Waals surface area (Å²) in [7, 11) is 0. The number of rotatable bonds is 1. The Kier molecular flexibility index (Phi) is 2.11. The van der Waals surface area contributed by atoms with Crippen LogP contribution in [-0.2, 0) is 0 Å². The molecular formula is C8H6F3N3O. The predicted molar refractivity (Wildman–Crippen MR) is 44.0 cm³/mol. The highest BCUT2D eigenvalue weighted by molar-refractivity contribution is 5.36. The minimum absolute atomic E-state index is 0.335. The third-order valence-corrected chi connectivity index (χ3v) is 1.89. The monoisotopic (exact) mass is 217 g/mol. The summed E-state index contributed by atoms with van der Waals surface area (Å²) < 4.78 is 37.6. The van der Waals surface area contributed by atoms with E-state index in [0.29, 0.717) is 5.65 Å². The molecule has 7 heteroatoms. The van der Waals surface area contributed by atoms with Gasteiger partial charge in [0.25, 0.3) is 0 Å². The molecule has 0 bridgehead atoms. The average molecular weight is 217 g/mol. The second-order valence-electron chi connectivity index (χ2n) is 2.97. The van der Waals surface area contributed by atoms with Crippen molar-refractivity contribution in [1.82, 2.24) is 14.6 Å². The molecule has 4 nitrogen and oxygen atoms in total. The van der Waals surface area contributed by atoms with E-state index in [9.17, 15) is 13.2 Å². The van der Waals surface area contributed by atoms with Crippen molar-refractivity contribution >= 4 is 5.65 Å². The van der Waals surface area contributed by atoms with Gasteiger partial charge in [-0.25, -0.2) is 9.50 Å². The van der Waals surface area contributed by atoms with E-state index in [-0.39, 0.29) is 5.56 Å². The fourth-order valence-corrected chi connectivity index (χ4v) is 1.15. The number of aromatic nitrogens is 3. The van der Waals surface area contributed by atoms with E-state index in [1.807, 2.05) is 0 Å². The Balaban J connectivity index is 2.44. The first-order valence-corrected chi connectivity index (χ1v) is 4.02. The van der Waals surface area contributed by atoms with Crippen molar-refractivity contribution in [3.05, 3.63) is 30.2 Å². The molecule has 1 atom stereocenters. The van der Waals surface area contributed by atoms with Crippen LogP contribution in [0.2, 0.25) is 0 Å². The minimum Gasteiger partial charge on any atom is -0.379 e. The lowest BCUT2D eigenvalue weighted by atomic mass is 10.2. The fourth-order valence-electron chi connectivity index (χ4n) is 1.15. The van der Waals surface area contributed by atoms with Gasteiger partial charge < -0.3 is 5.11 Å². The third kappa shape index (κ3) is 1.78. The van der Waals surface area contributed by atoms with Crippen LogP contribution in [0.5, 0.6) is 0 Å². The smallest absolute Gasteiger partial charge is 0.379 e. The number of hydrogen-bond donors (Lipinski definition) is 1. The fraction of sp³-hybridized carbons (Fsp3) is 0.250. The van der Waals surface area contributed by atoms with Gasteiger partial charge in [0.2, 0.25) is 0 Å². The van der Waals surface area contributed by atoms with Crippen molar-refractivity contribution in [1.29, 1.82) is 0 Å². The van der Waals surface area contributed by atoms with Crippen LogP contribution in [0.15, 0.2) is 24.7 Å². The van der Waals surface area contributed by atoms with E-state index >= 15 is 0 Å². The maximum atomic E-state index is 12.2. The number of alkyl halides is 3. The number of aliphatic hydroxyl groups excluding tert-OH is 1. The lowest BCUT2D eigenvalue weighted by molar-refractivity contribution is -0.207. The van der Waals surface area contributed by atoms with Crippen LogP contribution >= 0.6 is 0 Å². The quantitative estimate of drug-likeness (QED) is 0.783. The third-order valence-electron chi connectivity index (χ3n) is 1.89. The Morgan fingerprint density at radius 2 is 2.13 bits per heavy atom. The van der Waals surface area contributed by atoms with Gasteiger partial charge in [-0.05, 0) is 0 Å². The maximum absolute atomic E-state index is 12.2. The average Bonchev–Trinajstić information content (AvgIpc) is 2.61. The zero-order chi connectivity index (χ0) is 11.1. The Hall–Kier alpha value is -1.63. The molecule has 0 saturated heterocycles. The summed E-state index contributed by atoms with van der Waals surface area (Å²) in [4.78, 5) is 3.72. The molecule has 0 aromatic carbocycles. The summed E-state index contributed by atoms with van der Waals surface area (Å²) in [5, 5.41) is 12.7. The van der Waals surface area contributed by atoms with Gasteiger partial charge in [-0.1, -0.05) is 0 Å². The molecule has 15 heavy (non-hydrogen) atoms. The molecule has 0 aliphatic heterocycles. The summed E-state index contributed by atoms with van der Waals surface area (Å²) in [6.45, 7) is 0. The van der Waals surface area contributed by atoms with E-state index in [0.717, 1.165) is 12.4 Å². The molecule has 0 unspecified atom stereocenters. The molecule has 2 rings (SSSR count). The van der Waals surface area contributed by atoms with Crippen molar-refractivity contribution in [2.45, 2.75) is 12.3 Å². The van der Waals surface area contributed by atoms with Crippen molar-refractivity contribution < 1.29 is 18.3 Å². The van der Waals surface area contributed by atoms with Gasteiger partial charge in [0.1, 0.15) is 0 Å². The normalized spacial score (nSPS) is 14.4. The Labute approximate surface area is 82.0 Å². The zero-order valence-corrected chi connectivity index (χ0v) is 7.31. The molecular weight excluding hydrogens is 211 g/mol. The Bertz CT molecular complexity index is 479. The lowest BCUT2D eigenvalue weighted by Crippen LogP contribution is -2.20. The van der Waals surface area contributed by atoms with Crippen molar-refractivity contribution in [3.8, 4) is 0 Å². The summed E-state index contributed by atoms with van der Waals surface area (Å²) >= 11 is 0. The van der Waals surface area contributed by atoms with Gasteiger partial charge in [-0.3, -0.25) is 0 Å². The first-order chi connectivity index (χ1) is 6.98. The van der Waals surface area contributed by atoms with Crippen LogP contribution in [0.4, 0.5) is 13.2 Å². The maximum Gasteiger partial charge on any atom is 0.418 e. The van der Waals surface area contributed by atoms with Crippen molar-refractivity contribution in [2.24, 2.45) is 0 Å². The van der Waals surface area contributed by atoms with Gasteiger partial charge in [0, 0.05) is 24.0 Å². The molecule has 0 fully saturated rings. The molecule has 0 saturated carbocycles. The van der Waals surface area contributed by atoms with E-state index in [2.05, 4.69) is 10.1 Å². The van der Waals surface area contributed by atoms with Gasteiger partial charge in [0.15, 0.2) is 11.8 Å². The molecule has 0 aliphatic carbocycles. The number of hydrogen-bond acceptors (Lipinski definition) is 3. The summed E-state index contributed by atoms with van der Waals surface area (Å²) in [6.07, 6.45) is -3.73. The van der Waals surface area contributed by atoms with Crippen LogP contribution < -0.4 is 0 Å². The zero-order valence-electron chi connectivity index (χ0n) is 7.31. The van der Waals surface area contributed by atoms with Crippen LogP contribution in [0.1, 0.15) is 11.7 Å². The highest BCUT2D eigenvalue weighted by atomic mass is 19.4. The van der Waals surface area contributed by atoms with Gasteiger partial charge in [-0.2, -0.15) is 18.3 Å². The molecule has 1 N–H and O–H groups in total. The Morgan fingerprint density at radius 3 is 2.80 bits per heavy atom. The molecule has 2 aromatic rings. The van der Waals surface area contributed by atoms with E-state index in [1.165, 1.54) is 10.7 Å². The molecule has 2 heterocycles. The highest BCUT2D eigenvalue weighted by Gasteiger charge is 2.39. The number of halogens is 3. The SMILES string of the molecule is O[C@@H](c1cnc2ccnn2c1)C(F)(F)F. The minimum atomic E-state index is -4.69. The van der Waals surface area contributed by atoms with Crippen LogP contribution in [-0.4, -0.2) is 25.9 Å². The number of aliphatic hydroxyl groups is 1. The van der Waals surface area contributed by atoms with Crippen molar-refractivity contribution in [2.75, 3.05) is 0 Å². The second kappa shape index (κ2) is 3.20. The van der Waals surface area contributed by atoms with E-state index in [4.69, 9.17) is 5.11 Å². The standard InChI is InChI=1S/C8H6F3N3O/c9-8(10,11)7(15)5-3-12-6-1-2-13-14(6)4-5/h1-4,7,15H/t7-/m0/s1. The summed E-state index contributed by atoms with van der Waals surface area (Å²) in [5.41, 5.74) is 0.0897. The lowest BCUT2D eigenvalue weighted by Gasteiger charge is -2.13. The molecule has 0 radical (unpaired) electrons. The number of fused-ring (bicyclic) bond motifs is 1. The summed E-state index contributed by atoms with van der Waals surface area (Å²) in [5.74, 6) is 0. The number of nitrogens with zero attached hydrogens (tertiary/aromatic N) is 3. The van der Waals surface area contributed by atoms with Gasteiger partial charge >= 0.3 is 6.18 Å². The molecule has 80 valence electrons. The van der Waals surface area contributed by atoms with Gasteiger partial charge in [0.05, 0.1) is 6.20 Å². The first kappa shape index (κ1) is 9.91. The molecule has 2 aromatic heterocycles. The van der Waals surface area contributed by atoms with Crippen LogP contribution in [0.25, 0.3) is 5.65 Å². The largest absolute Gasteiger partial charge is 0.418 e. The van der Waals surface area contributed by atoms with E-state index in [1.54, 1.807) is 6.07 Å². The second-order valence-corrected chi connectivity index (χ2v) is 2.97. The van der Waals surface area contributed by atoms with E-state index < -0.39 is 12.3 Å². The predicted octanol–water partition coefficient (Wildman–Crippen LogP) is 1.32. The van der Waals surface area contributed by atoms with Crippen LogP contribution in [0, 0.1) is 0 Å². The molecule has 0 aliphatic rings. The van der Waals surface area contributed by atoms with Crippen molar-refractivity contribution in [3.63, 3.8) is 0 Å². The first-order valence-electron chi connectivity index (χ1n) is 4.02. The highest BCUT2D eigenvalue weighted by Crippen LogP contribution is 2.31. The van der Waals surface area contributed by atoms with Gasteiger partial charge in [-0.15, -0.1) is 0 Å². The molecule has 0 spiro atoms. The topological polar surface area (TPSA) is 50.4 Å².